The van der Waals surface area contributed by atoms with Crippen LogP contribution in [0.2, 0.25) is 5.02 Å². The Kier molecular flexibility index (Phi) is 7.50. The maximum absolute atomic E-state index is 6.09. The summed E-state index contributed by atoms with van der Waals surface area (Å²) in [4.78, 5) is 0. The van der Waals surface area contributed by atoms with Gasteiger partial charge >= 0.3 is 0 Å². The van der Waals surface area contributed by atoms with Gasteiger partial charge in [-0.3, -0.25) is 5.43 Å². The van der Waals surface area contributed by atoms with Gasteiger partial charge in [-0.2, -0.15) is 5.10 Å². The van der Waals surface area contributed by atoms with Crippen LogP contribution >= 0.6 is 23.8 Å². The molecular formula is C18H20ClN3O3S. The highest BCUT2D eigenvalue weighted by Gasteiger charge is 2.10. The number of nitrogens with one attached hydrogen (secondary N) is 2. The molecule has 0 amide bonds. The van der Waals surface area contributed by atoms with E-state index < -0.39 is 0 Å². The summed E-state index contributed by atoms with van der Waals surface area (Å²) in [7, 11) is 3.08. The van der Waals surface area contributed by atoms with Gasteiger partial charge in [0, 0.05) is 12.1 Å². The third kappa shape index (κ3) is 5.50. The molecule has 0 spiro atoms. The largest absolute Gasteiger partial charge is 0.495 e. The summed E-state index contributed by atoms with van der Waals surface area (Å²) in [5.74, 6) is 1.87. The van der Waals surface area contributed by atoms with Crippen molar-refractivity contribution in [2.45, 2.75) is 6.92 Å². The molecule has 6 nitrogen and oxygen atoms in total. The van der Waals surface area contributed by atoms with Gasteiger partial charge in [-0.1, -0.05) is 11.6 Å². The lowest BCUT2D eigenvalue weighted by Gasteiger charge is -2.14. The van der Waals surface area contributed by atoms with E-state index in [0.29, 0.717) is 33.9 Å². The van der Waals surface area contributed by atoms with Gasteiger partial charge in [0.25, 0.3) is 0 Å². The van der Waals surface area contributed by atoms with Gasteiger partial charge in [0.1, 0.15) is 17.2 Å². The van der Waals surface area contributed by atoms with Crippen molar-refractivity contribution in [1.82, 2.24) is 5.43 Å². The van der Waals surface area contributed by atoms with E-state index in [1.165, 1.54) is 7.11 Å². The summed E-state index contributed by atoms with van der Waals surface area (Å²) in [6.07, 6.45) is 1.66. The lowest BCUT2D eigenvalue weighted by Crippen LogP contribution is -2.24. The molecule has 0 bridgehead atoms. The zero-order chi connectivity index (χ0) is 18.9. The van der Waals surface area contributed by atoms with Crippen LogP contribution in [0, 0.1) is 0 Å². The van der Waals surface area contributed by atoms with E-state index in [4.69, 9.17) is 38.0 Å². The first-order valence-corrected chi connectivity index (χ1v) is 8.60. The van der Waals surface area contributed by atoms with Gasteiger partial charge in [0.2, 0.25) is 0 Å². The van der Waals surface area contributed by atoms with Crippen LogP contribution in [0.5, 0.6) is 17.2 Å². The first-order chi connectivity index (χ1) is 12.6. The molecule has 0 heterocycles. The van der Waals surface area contributed by atoms with Crippen LogP contribution in [0.15, 0.2) is 41.5 Å². The van der Waals surface area contributed by atoms with E-state index in [1.807, 2.05) is 31.2 Å². The number of thiocarbonyl (C=S) groups is 1. The average molecular weight is 394 g/mol. The number of anilines is 1. The highest BCUT2D eigenvalue weighted by molar-refractivity contribution is 7.80. The second-order valence-electron chi connectivity index (χ2n) is 5.01. The fraction of sp³-hybridized carbons (Fsp3) is 0.222. The molecule has 0 aromatic heterocycles. The van der Waals surface area contributed by atoms with Gasteiger partial charge in [-0.05, 0) is 49.0 Å². The van der Waals surface area contributed by atoms with Crippen LogP contribution in [0.25, 0.3) is 0 Å². The fourth-order valence-corrected chi connectivity index (χ4v) is 2.48. The van der Waals surface area contributed by atoms with Gasteiger partial charge < -0.3 is 19.5 Å². The first-order valence-electron chi connectivity index (χ1n) is 7.81. The first kappa shape index (κ1) is 19.8. The molecule has 0 saturated carbocycles. The zero-order valence-corrected chi connectivity index (χ0v) is 16.3. The van der Waals surface area contributed by atoms with Crippen molar-refractivity contribution in [1.29, 1.82) is 0 Å². The SMILES string of the molecule is CCOc1ccc(/C=N/NC(=S)Nc2cc(OC)c(Cl)cc2OC)cc1. The van der Waals surface area contributed by atoms with Gasteiger partial charge in [0.05, 0.1) is 37.8 Å². The van der Waals surface area contributed by atoms with Crippen molar-refractivity contribution in [3.05, 3.63) is 47.0 Å². The molecule has 0 atom stereocenters. The van der Waals surface area contributed by atoms with Crippen molar-refractivity contribution in [2.24, 2.45) is 5.10 Å². The van der Waals surface area contributed by atoms with Crippen molar-refractivity contribution in [2.75, 3.05) is 26.1 Å². The standard InChI is InChI=1S/C18H20ClN3O3S/c1-4-25-13-7-5-12(6-8-13)11-20-22-18(26)21-15-10-16(23-2)14(19)9-17(15)24-3/h5-11H,4H2,1-3H3,(H2,21,22,26)/b20-11+. The Morgan fingerprint density at radius 1 is 1.15 bits per heavy atom. The second-order valence-corrected chi connectivity index (χ2v) is 5.83. The van der Waals surface area contributed by atoms with Crippen LogP contribution in [0.4, 0.5) is 5.69 Å². The summed E-state index contributed by atoms with van der Waals surface area (Å²) < 4.78 is 15.9. The maximum Gasteiger partial charge on any atom is 0.191 e. The number of hydrogen-bond donors (Lipinski definition) is 2. The van der Waals surface area contributed by atoms with E-state index in [1.54, 1.807) is 25.5 Å². The number of methoxy groups -OCH3 is 2. The molecule has 0 aliphatic heterocycles. The van der Waals surface area contributed by atoms with Crippen molar-refractivity contribution < 1.29 is 14.2 Å². The van der Waals surface area contributed by atoms with Gasteiger partial charge in [-0.25, -0.2) is 0 Å². The van der Waals surface area contributed by atoms with Crippen LogP contribution in [-0.4, -0.2) is 32.2 Å². The number of ether oxygens (including phenoxy) is 3. The normalized spacial score (nSPS) is 10.5. The van der Waals surface area contributed by atoms with E-state index in [9.17, 15) is 0 Å². The molecule has 2 N–H and O–H groups in total. The number of halogens is 1. The Bertz CT molecular complexity index is 782. The third-order valence-corrected chi connectivity index (χ3v) is 3.78. The summed E-state index contributed by atoms with van der Waals surface area (Å²) in [5, 5.41) is 7.86. The van der Waals surface area contributed by atoms with Gasteiger partial charge in [0.15, 0.2) is 5.11 Å². The minimum Gasteiger partial charge on any atom is -0.495 e. The van der Waals surface area contributed by atoms with E-state index in [2.05, 4.69) is 15.8 Å². The van der Waals surface area contributed by atoms with E-state index in [-0.39, 0.29) is 0 Å². The number of hydrogen-bond acceptors (Lipinski definition) is 5. The Hall–Kier alpha value is -2.51. The predicted molar refractivity (Wildman–Crippen MR) is 109 cm³/mol. The second kappa shape index (κ2) is 9.84. The highest BCUT2D eigenvalue weighted by Crippen LogP contribution is 2.35. The molecule has 8 heteroatoms. The van der Waals surface area contributed by atoms with Crippen LogP contribution in [-0.2, 0) is 0 Å². The Balaban J connectivity index is 1.98. The minimum atomic E-state index is 0.301. The molecule has 0 aliphatic rings. The Morgan fingerprint density at radius 3 is 2.46 bits per heavy atom. The van der Waals surface area contributed by atoms with Crippen LogP contribution in [0.3, 0.4) is 0 Å². The van der Waals surface area contributed by atoms with Crippen molar-refractivity contribution >= 4 is 40.8 Å². The predicted octanol–water partition coefficient (Wildman–Crippen LogP) is 4.08. The summed E-state index contributed by atoms with van der Waals surface area (Å²) in [6, 6.07) is 10.9. The molecule has 2 aromatic rings. The Labute approximate surface area is 163 Å². The van der Waals surface area contributed by atoms with Gasteiger partial charge in [-0.15, -0.1) is 0 Å². The fourth-order valence-electron chi connectivity index (χ4n) is 2.09. The quantitative estimate of drug-likeness (QED) is 0.420. The van der Waals surface area contributed by atoms with E-state index >= 15 is 0 Å². The molecule has 2 rings (SSSR count). The lowest BCUT2D eigenvalue weighted by atomic mass is 10.2. The molecule has 2 aromatic carbocycles. The van der Waals surface area contributed by atoms with Crippen molar-refractivity contribution in [3.8, 4) is 17.2 Å². The lowest BCUT2D eigenvalue weighted by molar-refractivity contribution is 0.340. The number of benzene rings is 2. The van der Waals surface area contributed by atoms with E-state index in [0.717, 1.165) is 11.3 Å². The number of nitrogens with zero attached hydrogens (tertiary/aromatic N) is 1. The summed E-state index contributed by atoms with van der Waals surface area (Å²) in [5.41, 5.74) is 4.28. The minimum absolute atomic E-state index is 0.301. The topological polar surface area (TPSA) is 64.1 Å². The molecule has 0 radical (unpaired) electrons. The third-order valence-electron chi connectivity index (χ3n) is 3.29. The van der Waals surface area contributed by atoms with Crippen LogP contribution < -0.4 is 25.0 Å². The van der Waals surface area contributed by atoms with Crippen LogP contribution in [0.1, 0.15) is 12.5 Å². The molecule has 26 heavy (non-hydrogen) atoms. The molecule has 138 valence electrons. The molecular weight excluding hydrogens is 374 g/mol. The van der Waals surface area contributed by atoms with Crippen molar-refractivity contribution in [3.63, 3.8) is 0 Å². The summed E-state index contributed by atoms with van der Waals surface area (Å²) >= 11 is 11.3. The molecule has 0 fully saturated rings. The molecule has 0 aliphatic carbocycles. The smallest absolute Gasteiger partial charge is 0.191 e. The highest BCUT2D eigenvalue weighted by atomic mass is 35.5. The number of rotatable bonds is 7. The molecule has 0 saturated heterocycles. The average Bonchev–Trinajstić information content (AvgIpc) is 2.64. The molecule has 0 unspecified atom stereocenters. The maximum atomic E-state index is 6.09. The Morgan fingerprint density at radius 2 is 1.85 bits per heavy atom. The monoisotopic (exact) mass is 393 g/mol. The zero-order valence-electron chi connectivity index (χ0n) is 14.7. The summed E-state index contributed by atoms with van der Waals surface area (Å²) in [6.45, 7) is 2.58. The number of hydrazone groups is 1.